The van der Waals surface area contributed by atoms with Gasteiger partial charge in [0, 0.05) is 5.69 Å². The van der Waals surface area contributed by atoms with Crippen LogP contribution in [-0.2, 0) is 11.3 Å². The van der Waals surface area contributed by atoms with Crippen LogP contribution in [0.4, 0.5) is 5.69 Å². The molecule has 26 heavy (non-hydrogen) atoms. The molecule has 0 spiro atoms. The second-order valence-corrected chi connectivity index (χ2v) is 8.49. The highest BCUT2D eigenvalue weighted by atomic mass is 35.5. The lowest BCUT2D eigenvalue weighted by molar-refractivity contribution is -1.02. The number of carbonyl (C=O) groups excluding carboxylic acids is 1. The summed E-state index contributed by atoms with van der Waals surface area (Å²) in [7, 11) is 0. The van der Waals surface area contributed by atoms with Crippen LogP contribution in [0.5, 0.6) is 0 Å². The molecule has 1 atom stereocenters. The molecule has 2 heterocycles. The zero-order chi connectivity index (χ0) is 18.5. The van der Waals surface area contributed by atoms with Crippen molar-refractivity contribution in [3.05, 3.63) is 51.2 Å². The summed E-state index contributed by atoms with van der Waals surface area (Å²) >= 11 is 7.66. The Balaban J connectivity index is 1.48. The van der Waals surface area contributed by atoms with Gasteiger partial charge in [0.25, 0.3) is 5.91 Å². The Morgan fingerprint density at radius 3 is 2.50 bits per heavy atom. The number of hydrogen-bond acceptors (Lipinski definition) is 3. The molecule has 2 aromatic rings. The van der Waals surface area contributed by atoms with Crippen LogP contribution in [0.1, 0.15) is 17.4 Å². The second-order valence-electron chi connectivity index (χ2n) is 6.69. The normalized spacial score (nSPS) is 21.0. The van der Waals surface area contributed by atoms with Gasteiger partial charge >= 0.3 is 0 Å². The first-order chi connectivity index (χ1) is 12.5. The lowest BCUT2D eigenvalue weighted by atomic mass is 10.2. The monoisotopic (exact) mass is 390 g/mol. The van der Waals surface area contributed by atoms with Crippen LogP contribution in [0.15, 0.2) is 36.4 Å². The number of quaternary nitrogens is 2. The number of piperazine rings is 1. The standard InChI is InChI=1S/C19H21ClN4OS/c1-14(19(25)22-16-4-2-15(12-21)3-5-16)24-10-8-23(9-11-24)13-17-6-7-18(20)26-17/h2-7,14H,8-11,13H2,1H3,(H,22,25)/p+2/t14-/m1/s1. The van der Waals surface area contributed by atoms with Crippen molar-refractivity contribution in [1.82, 2.24) is 0 Å². The molecule has 3 N–H and O–H groups in total. The molecular weight excluding hydrogens is 368 g/mol. The third-order valence-electron chi connectivity index (χ3n) is 4.94. The fourth-order valence-electron chi connectivity index (χ4n) is 3.29. The van der Waals surface area contributed by atoms with Crippen LogP contribution in [0.25, 0.3) is 0 Å². The van der Waals surface area contributed by atoms with E-state index in [0.717, 1.165) is 42.7 Å². The van der Waals surface area contributed by atoms with Crippen molar-refractivity contribution in [3.63, 3.8) is 0 Å². The molecule has 1 fully saturated rings. The minimum Gasteiger partial charge on any atom is -0.321 e. The molecule has 1 aliphatic heterocycles. The van der Waals surface area contributed by atoms with Crippen molar-refractivity contribution in [1.29, 1.82) is 5.26 Å². The second kappa shape index (κ2) is 8.65. The third kappa shape index (κ3) is 4.83. The van der Waals surface area contributed by atoms with Crippen molar-refractivity contribution in [2.24, 2.45) is 0 Å². The first-order valence-electron chi connectivity index (χ1n) is 8.78. The lowest BCUT2D eigenvalue weighted by Gasteiger charge is -2.32. The largest absolute Gasteiger partial charge is 0.321 e. The van der Waals surface area contributed by atoms with Gasteiger partial charge in [0.2, 0.25) is 0 Å². The van der Waals surface area contributed by atoms with E-state index < -0.39 is 0 Å². The van der Waals surface area contributed by atoms with Crippen molar-refractivity contribution in [2.75, 3.05) is 31.5 Å². The zero-order valence-electron chi connectivity index (χ0n) is 14.7. The first kappa shape index (κ1) is 18.9. The van der Waals surface area contributed by atoms with Crippen molar-refractivity contribution >= 4 is 34.5 Å². The Labute approximate surface area is 162 Å². The molecule has 1 aromatic heterocycles. The van der Waals surface area contributed by atoms with Crippen LogP contribution in [-0.4, -0.2) is 38.1 Å². The van der Waals surface area contributed by atoms with Gasteiger partial charge in [-0.3, -0.25) is 4.79 Å². The van der Waals surface area contributed by atoms with Crippen LogP contribution < -0.4 is 15.1 Å². The van der Waals surface area contributed by atoms with Gasteiger partial charge in [0.15, 0.2) is 6.04 Å². The molecule has 1 saturated heterocycles. The van der Waals surface area contributed by atoms with Crippen molar-refractivity contribution < 1.29 is 14.6 Å². The van der Waals surface area contributed by atoms with E-state index in [4.69, 9.17) is 16.9 Å². The fourth-order valence-corrected chi connectivity index (χ4v) is 4.45. The number of anilines is 1. The van der Waals surface area contributed by atoms with Crippen LogP contribution in [0.3, 0.4) is 0 Å². The molecule has 5 nitrogen and oxygen atoms in total. The lowest BCUT2D eigenvalue weighted by Crippen LogP contribution is -3.29. The SMILES string of the molecule is C[C@H](C(=O)Nc1ccc(C#N)cc1)[NH+]1CC[NH+](Cc2ccc(Cl)s2)CC1. The molecule has 1 aliphatic rings. The summed E-state index contributed by atoms with van der Waals surface area (Å²) in [6, 6.07) is 13.0. The quantitative estimate of drug-likeness (QED) is 0.699. The maximum absolute atomic E-state index is 12.5. The molecule has 0 unspecified atom stereocenters. The molecule has 136 valence electrons. The van der Waals surface area contributed by atoms with E-state index in [2.05, 4.69) is 17.5 Å². The van der Waals surface area contributed by atoms with Crippen LogP contribution in [0, 0.1) is 11.3 Å². The van der Waals surface area contributed by atoms with E-state index in [1.807, 2.05) is 13.0 Å². The number of nitrogens with zero attached hydrogens (tertiary/aromatic N) is 1. The summed E-state index contributed by atoms with van der Waals surface area (Å²) in [5.41, 5.74) is 1.33. The summed E-state index contributed by atoms with van der Waals surface area (Å²) in [5.74, 6) is 0.0261. The Hall–Kier alpha value is -1.91. The molecule has 3 rings (SSSR count). The first-order valence-corrected chi connectivity index (χ1v) is 9.98. The molecule has 0 bridgehead atoms. The summed E-state index contributed by atoms with van der Waals surface area (Å²) in [6.07, 6.45) is 0. The molecular formula is C19H23ClN4OS+2. The smallest absolute Gasteiger partial charge is 0.282 e. The number of thiophene rings is 1. The minimum atomic E-state index is -0.0941. The Bertz CT molecular complexity index is 791. The number of nitriles is 1. The summed E-state index contributed by atoms with van der Waals surface area (Å²) in [5, 5.41) is 11.8. The zero-order valence-corrected chi connectivity index (χ0v) is 16.3. The number of nitrogens with one attached hydrogen (secondary N) is 3. The summed E-state index contributed by atoms with van der Waals surface area (Å²) < 4.78 is 0.844. The average molecular weight is 391 g/mol. The van der Waals surface area contributed by atoms with Gasteiger partial charge in [-0.05, 0) is 43.3 Å². The number of carbonyl (C=O) groups is 1. The van der Waals surface area contributed by atoms with Crippen LogP contribution >= 0.6 is 22.9 Å². The van der Waals surface area contributed by atoms with Gasteiger partial charge in [-0.1, -0.05) is 11.6 Å². The maximum atomic E-state index is 12.5. The maximum Gasteiger partial charge on any atom is 0.282 e. The highest BCUT2D eigenvalue weighted by Gasteiger charge is 2.31. The van der Waals surface area contributed by atoms with Crippen molar-refractivity contribution in [2.45, 2.75) is 19.5 Å². The van der Waals surface area contributed by atoms with E-state index >= 15 is 0 Å². The predicted molar refractivity (Wildman–Crippen MR) is 104 cm³/mol. The highest BCUT2D eigenvalue weighted by Crippen LogP contribution is 2.20. The molecule has 0 radical (unpaired) electrons. The highest BCUT2D eigenvalue weighted by molar-refractivity contribution is 7.16. The van der Waals surface area contributed by atoms with Gasteiger partial charge in [-0.15, -0.1) is 11.3 Å². The fraction of sp³-hybridized carbons (Fsp3) is 0.368. The van der Waals surface area contributed by atoms with Crippen LogP contribution in [0.2, 0.25) is 4.34 Å². The van der Waals surface area contributed by atoms with Gasteiger partial charge in [0.1, 0.15) is 32.7 Å². The topological polar surface area (TPSA) is 61.8 Å². The van der Waals surface area contributed by atoms with E-state index in [-0.39, 0.29) is 11.9 Å². The van der Waals surface area contributed by atoms with Crippen molar-refractivity contribution in [3.8, 4) is 6.07 Å². The number of benzene rings is 1. The predicted octanol–water partition coefficient (Wildman–Crippen LogP) is 0.584. The number of hydrogen-bond donors (Lipinski definition) is 3. The number of rotatable bonds is 5. The average Bonchev–Trinajstić information content (AvgIpc) is 3.07. The van der Waals surface area contributed by atoms with Gasteiger partial charge in [-0.25, -0.2) is 0 Å². The summed E-state index contributed by atoms with van der Waals surface area (Å²) in [6.45, 7) is 7.07. The third-order valence-corrected chi connectivity index (χ3v) is 6.17. The summed E-state index contributed by atoms with van der Waals surface area (Å²) in [4.78, 5) is 16.7. The molecule has 0 aliphatic carbocycles. The Morgan fingerprint density at radius 2 is 1.92 bits per heavy atom. The Kier molecular flexibility index (Phi) is 6.28. The molecule has 0 saturated carbocycles. The molecule has 7 heteroatoms. The van der Waals surface area contributed by atoms with E-state index in [9.17, 15) is 4.79 Å². The Morgan fingerprint density at radius 1 is 1.23 bits per heavy atom. The van der Waals surface area contributed by atoms with Gasteiger partial charge < -0.3 is 15.1 Å². The van der Waals surface area contributed by atoms with E-state index in [0.29, 0.717) is 5.56 Å². The van der Waals surface area contributed by atoms with E-state index in [1.165, 1.54) is 9.78 Å². The van der Waals surface area contributed by atoms with E-state index in [1.54, 1.807) is 40.5 Å². The number of halogens is 1. The number of amides is 1. The molecule has 1 amide bonds. The minimum absolute atomic E-state index is 0.0261. The van der Waals surface area contributed by atoms with Gasteiger partial charge in [-0.2, -0.15) is 5.26 Å². The van der Waals surface area contributed by atoms with Gasteiger partial charge in [0.05, 0.1) is 20.8 Å². The molecule has 1 aromatic carbocycles.